The Bertz CT molecular complexity index is 815. The molecule has 0 bridgehead atoms. The van der Waals surface area contributed by atoms with Gasteiger partial charge in [-0.05, 0) is 5.56 Å². The van der Waals surface area contributed by atoms with Gasteiger partial charge in [-0.3, -0.25) is 0 Å². The first-order chi connectivity index (χ1) is 10.7. The predicted octanol–water partition coefficient (Wildman–Crippen LogP) is 1.82. The molecular formula is C15H15N5OS. The molecule has 0 amide bonds. The van der Waals surface area contributed by atoms with Crippen molar-refractivity contribution in [1.82, 2.24) is 14.5 Å². The smallest absolute Gasteiger partial charge is 0.148 e. The summed E-state index contributed by atoms with van der Waals surface area (Å²) in [7, 11) is 0. The van der Waals surface area contributed by atoms with E-state index in [-0.39, 0.29) is 4.99 Å². The van der Waals surface area contributed by atoms with Crippen LogP contribution in [0.3, 0.4) is 0 Å². The van der Waals surface area contributed by atoms with Crippen molar-refractivity contribution < 1.29 is 4.74 Å². The number of benzene rings is 1. The average molecular weight is 313 g/mol. The van der Waals surface area contributed by atoms with Crippen molar-refractivity contribution in [3.63, 3.8) is 0 Å². The van der Waals surface area contributed by atoms with Gasteiger partial charge in [0.2, 0.25) is 0 Å². The van der Waals surface area contributed by atoms with E-state index in [0.717, 1.165) is 5.56 Å². The molecule has 7 heteroatoms. The fourth-order valence-corrected chi connectivity index (χ4v) is 2.42. The minimum Gasteiger partial charge on any atom is -0.389 e. The number of hydrogen-bond acceptors (Lipinski definition) is 5. The van der Waals surface area contributed by atoms with Gasteiger partial charge in [-0.15, -0.1) is 0 Å². The van der Waals surface area contributed by atoms with Crippen LogP contribution in [0, 0.1) is 0 Å². The van der Waals surface area contributed by atoms with Gasteiger partial charge in [0.15, 0.2) is 0 Å². The van der Waals surface area contributed by atoms with Gasteiger partial charge in [-0.2, -0.15) is 0 Å². The van der Waals surface area contributed by atoms with E-state index in [1.807, 2.05) is 34.9 Å². The maximum absolute atomic E-state index is 5.91. The number of hydrogen-bond donors (Lipinski definition) is 2. The van der Waals surface area contributed by atoms with Crippen molar-refractivity contribution in [2.75, 3.05) is 5.73 Å². The van der Waals surface area contributed by atoms with Gasteiger partial charge in [0, 0.05) is 11.8 Å². The molecule has 0 aliphatic heterocycles. The molecule has 6 nitrogen and oxygen atoms in total. The Morgan fingerprint density at radius 1 is 1.23 bits per heavy atom. The zero-order valence-corrected chi connectivity index (χ0v) is 12.6. The first kappa shape index (κ1) is 14.4. The Morgan fingerprint density at radius 2 is 2.00 bits per heavy atom. The van der Waals surface area contributed by atoms with Crippen LogP contribution in [0.2, 0.25) is 0 Å². The van der Waals surface area contributed by atoms with Crippen molar-refractivity contribution in [2.24, 2.45) is 5.73 Å². The fourth-order valence-electron chi connectivity index (χ4n) is 2.27. The molecule has 1 aromatic carbocycles. The van der Waals surface area contributed by atoms with E-state index >= 15 is 0 Å². The highest BCUT2D eigenvalue weighted by molar-refractivity contribution is 7.80. The molecule has 0 saturated heterocycles. The van der Waals surface area contributed by atoms with Crippen LogP contribution in [-0.2, 0) is 18.1 Å². The van der Waals surface area contributed by atoms with Crippen molar-refractivity contribution in [3.05, 3.63) is 54.0 Å². The van der Waals surface area contributed by atoms with Gasteiger partial charge in [0.1, 0.15) is 29.5 Å². The van der Waals surface area contributed by atoms with Crippen LogP contribution in [0.5, 0.6) is 0 Å². The molecule has 0 spiro atoms. The normalized spacial score (nSPS) is 10.9. The predicted molar refractivity (Wildman–Crippen MR) is 89.1 cm³/mol. The number of rotatable bonds is 5. The lowest BCUT2D eigenvalue weighted by Gasteiger charge is -2.06. The molecule has 0 fully saturated rings. The number of aromatic nitrogens is 3. The second-order valence-electron chi connectivity index (χ2n) is 4.80. The molecule has 3 aromatic rings. The molecule has 4 N–H and O–H groups in total. The number of fused-ring (bicyclic) bond motifs is 1. The molecule has 2 heterocycles. The molecule has 112 valence electrons. The van der Waals surface area contributed by atoms with Crippen LogP contribution in [0.25, 0.3) is 11.0 Å². The number of thiocarbonyl (C=S) groups is 1. The van der Waals surface area contributed by atoms with Gasteiger partial charge in [-0.25, -0.2) is 9.97 Å². The van der Waals surface area contributed by atoms with E-state index in [0.29, 0.717) is 35.8 Å². The van der Waals surface area contributed by atoms with Crippen molar-refractivity contribution in [3.8, 4) is 0 Å². The van der Waals surface area contributed by atoms with Gasteiger partial charge >= 0.3 is 0 Å². The van der Waals surface area contributed by atoms with Crippen molar-refractivity contribution in [1.29, 1.82) is 0 Å². The maximum atomic E-state index is 5.91. The summed E-state index contributed by atoms with van der Waals surface area (Å²) in [4.78, 5) is 8.49. The molecule has 0 aliphatic carbocycles. The minimum atomic E-state index is 0.258. The van der Waals surface area contributed by atoms with Crippen LogP contribution in [0.15, 0.2) is 42.9 Å². The molecule has 3 rings (SSSR count). The largest absolute Gasteiger partial charge is 0.389 e. The minimum absolute atomic E-state index is 0.258. The zero-order chi connectivity index (χ0) is 15.5. The van der Waals surface area contributed by atoms with Crippen LogP contribution >= 0.6 is 12.2 Å². The number of anilines is 1. The summed E-state index contributed by atoms with van der Waals surface area (Å²) in [5, 5.41) is 0.665. The van der Waals surface area contributed by atoms with Crippen molar-refractivity contribution >= 4 is 34.1 Å². The van der Waals surface area contributed by atoms with Gasteiger partial charge in [-0.1, -0.05) is 42.5 Å². The first-order valence-electron chi connectivity index (χ1n) is 6.67. The summed E-state index contributed by atoms with van der Waals surface area (Å²) in [6.45, 7) is 0.827. The molecule has 0 unspecified atom stereocenters. The van der Waals surface area contributed by atoms with E-state index in [1.165, 1.54) is 6.33 Å². The van der Waals surface area contributed by atoms with Crippen LogP contribution in [0.1, 0.15) is 11.1 Å². The molecule has 0 saturated carbocycles. The lowest BCUT2D eigenvalue weighted by Crippen LogP contribution is -2.09. The second kappa shape index (κ2) is 6.08. The quantitative estimate of drug-likeness (QED) is 0.698. The molecule has 0 radical (unpaired) electrons. The van der Waals surface area contributed by atoms with E-state index in [4.69, 9.17) is 28.4 Å². The van der Waals surface area contributed by atoms with E-state index in [2.05, 4.69) is 9.97 Å². The van der Waals surface area contributed by atoms with Gasteiger partial charge in [0.05, 0.1) is 12.0 Å². The first-order valence-corrected chi connectivity index (χ1v) is 7.08. The number of nitrogens with zero attached hydrogens (tertiary/aromatic N) is 3. The summed E-state index contributed by atoms with van der Waals surface area (Å²) in [6, 6.07) is 9.94. The topological polar surface area (TPSA) is 92.0 Å². The zero-order valence-electron chi connectivity index (χ0n) is 11.8. The lowest BCUT2D eigenvalue weighted by molar-refractivity contribution is 0.0664. The number of nitrogen functional groups attached to an aromatic ring is 1. The van der Waals surface area contributed by atoms with E-state index in [9.17, 15) is 0 Å². The summed E-state index contributed by atoms with van der Waals surface area (Å²) in [5.41, 5.74) is 14.1. The van der Waals surface area contributed by atoms with Crippen LogP contribution in [0.4, 0.5) is 5.82 Å². The molecule has 22 heavy (non-hydrogen) atoms. The second-order valence-corrected chi connectivity index (χ2v) is 5.24. The van der Waals surface area contributed by atoms with Crippen LogP contribution in [-0.4, -0.2) is 19.5 Å². The lowest BCUT2D eigenvalue weighted by atomic mass is 10.2. The van der Waals surface area contributed by atoms with Gasteiger partial charge in [0.25, 0.3) is 0 Å². The number of nitrogens with two attached hydrogens (primary N) is 2. The third-order valence-electron chi connectivity index (χ3n) is 3.29. The summed E-state index contributed by atoms with van der Waals surface area (Å²) in [6.07, 6.45) is 3.21. The Balaban J connectivity index is 1.85. The molecule has 2 aromatic heterocycles. The Morgan fingerprint density at radius 3 is 2.73 bits per heavy atom. The summed E-state index contributed by atoms with van der Waals surface area (Å²) >= 11 is 5.06. The fraction of sp³-hybridized carbons (Fsp3) is 0.133. The molecule has 0 atom stereocenters. The number of ether oxygens (including phenoxy) is 1. The maximum Gasteiger partial charge on any atom is 0.148 e. The SMILES string of the molecule is NC(=S)c1cn(COCc2ccccc2)c2ncnc(N)c12. The van der Waals surface area contributed by atoms with E-state index < -0.39 is 0 Å². The average Bonchev–Trinajstić information content (AvgIpc) is 2.89. The van der Waals surface area contributed by atoms with Gasteiger partial charge < -0.3 is 20.8 Å². The monoisotopic (exact) mass is 313 g/mol. The Hall–Kier alpha value is -2.51. The highest BCUT2D eigenvalue weighted by atomic mass is 32.1. The third-order valence-corrected chi connectivity index (χ3v) is 3.51. The Kier molecular flexibility index (Phi) is 3.99. The third kappa shape index (κ3) is 2.76. The molecule has 0 aliphatic rings. The highest BCUT2D eigenvalue weighted by Crippen LogP contribution is 2.23. The molecular weight excluding hydrogens is 298 g/mol. The van der Waals surface area contributed by atoms with E-state index in [1.54, 1.807) is 6.20 Å². The van der Waals surface area contributed by atoms with Crippen LogP contribution < -0.4 is 11.5 Å². The standard InChI is InChI=1S/C15H15N5OS/c16-13-12-11(14(17)22)6-20(15(12)19-8-18-13)9-21-7-10-4-2-1-3-5-10/h1-6,8H,7,9H2,(H2,17,22)(H2,16,18,19). The highest BCUT2D eigenvalue weighted by Gasteiger charge is 2.15. The summed E-state index contributed by atoms with van der Waals surface area (Å²) in [5.74, 6) is 0.356. The summed E-state index contributed by atoms with van der Waals surface area (Å²) < 4.78 is 7.55. The Labute approximate surface area is 132 Å². The van der Waals surface area contributed by atoms with Crippen molar-refractivity contribution in [2.45, 2.75) is 13.3 Å².